The maximum atomic E-state index is 12.4. The number of hydrogen-bond donors (Lipinski definition) is 1. The Labute approximate surface area is 184 Å². The van der Waals surface area contributed by atoms with Crippen molar-refractivity contribution in [2.75, 3.05) is 0 Å². The summed E-state index contributed by atoms with van der Waals surface area (Å²) in [5, 5.41) is 4.48. The van der Waals surface area contributed by atoms with Crippen molar-refractivity contribution in [2.45, 2.75) is 11.8 Å². The van der Waals surface area contributed by atoms with Crippen molar-refractivity contribution in [2.24, 2.45) is 5.10 Å². The molecule has 0 fully saturated rings. The van der Waals surface area contributed by atoms with E-state index in [2.05, 4.69) is 10.5 Å². The van der Waals surface area contributed by atoms with Crippen LogP contribution in [0.1, 0.15) is 21.5 Å². The van der Waals surface area contributed by atoms with Gasteiger partial charge in [0.25, 0.3) is 5.91 Å². The summed E-state index contributed by atoms with van der Waals surface area (Å²) in [5.41, 5.74) is 4.03. The molecule has 0 heterocycles. The second kappa shape index (κ2) is 9.30. The van der Waals surface area contributed by atoms with Crippen molar-refractivity contribution in [3.63, 3.8) is 0 Å². The Bertz CT molecular complexity index is 1210. The highest BCUT2D eigenvalue weighted by atomic mass is 35.5. The fourth-order valence-corrected chi connectivity index (χ4v) is 3.84. The van der Waals surface area contributed by atoms with Crippen LogP contribution in [0.3, 0.4) is 0 Å². The van der Waals surface area contributed by atoms with E-state index in [-0.39, 0.29) is 21.2 Å². The Morgan fingerprint density at radius 2 is 1.77 bits per heavy atom. The van der Waals surface area contributed by atoms with Crippen LogP contribution in [0.5, 0.6) is 5.75 Å². The van der Waals surface area contributed by atoms with Gasteiger partial charge >= 0.3 is 10.1 Å². The molecule has 0 bridgehead atoms. The first-order valence-electron chi connectivity index (χ1n) is 8.64. The number of nitrogens with zero attached hydrogens (tertiary/aromatic N) is 1. The van der Waals surface area contributed by atoms with Gasteiger partial charge in [0.05, 0.1) is 16.8 Å². The average molecular weight is 463 g/mol. The standard InChI is InChI=1S/C21H16Cl2N2O4S/c1-14-5-8-18(9-6-14)30(27,28)29-17-4-2-3-15(11-17)13-24-25-21(26)19-10-7-16(22)12-20(19)23/h2-13H,1H3,(H,25,26). The third-order valence-electron chi connectivity index (χ3n) is 3.93. The quantitative estimate of drug-likeness (QED) is 0.322. The van der Waals surface area contributed by atoms with Crippen molar-refractivity contribution in [1.82, 2.24) is 5.43 Å². The number of carbonyl (C=O) groups is 1. The van der Waals surface area contributed by atoms with Crippen LogP contribution in [-0.2, 0) is 10.1 Å². The van der Waals surface area contributed by atoms with Crippen LogP contribution in [0, 0.1) is 6.92 Å². The lowest BCUT2D eigenvalue weighted by Gasteiger charge is -2.08. The maximum Gasteiger partial charge on any atom is 0.339 e. The molecule has 0 aliphatic carbocycles. The van der Waals surface area contributed by atoms with Gasteiger partial charge in [-0.15, -0.1) is 0 Å². The van der Waals surface area contributed by atoms with Gasteiger partial charge < -0.3 is 4.18 Å². The number of hydrazone groups is 1. The number of aryl methyl sites for hydroxylation is 1. The van der Waals surface area contributed by atoms with Gasteiger partial charge in [0.1, 0.15) is 10.6 Å². The highest BCUT2D eigenvalue weighted by Crippen LogP contribution is 2.21. The van der Waals surface area contributed by atoms with Crippen molar-refractivity contribution in [1.29, 1.82) is 0 Å². The van der Waals surface area contributed by atoms with Crippen molar-refractivity contribution in [3.05, 3.63) is 93.5 Å². The SMILES string of the molecule is Cc1ccc(S(=O)(=O)Oc2cccc(C=NNC(=O)c3ccc(Cl)cc3Cl)c2)cc1. The Hall–Kier alpha value is -2.87. The third kappa shape index (κ3) is 5.60. The Kier molecular flexibility index (Phi) is 6.77. The van der Waals surface area contributed by atoms with E-state index >= 15 is 0 Å². The molecule has 30 heavy (non-hydrogen) atoms. The Morgan fingerprint density at radius 3 is 2.47 bits per heavy atom. The molecule has 0 aliphatic heterocycles. The third-order valence-corrected chi connectivity index (χ3v) is 5.74. The molecule has 6 nitrogen and oxygen atoms in total. The van der Waals surface area contributed by atoms with Crippen LogP contribution < -0.4 is 9.61 Å². The van der Waals surface area contributed by atoms with Gasteiger partial charge in [-0.3, -0.25) is 4.79 Å². The molecule has 1 N–H and O–H groups in total. The summed E-state index contributed by atoms with van der Waals surface area (Å²) in [5.74, 6) is -0.395. The van der Waals surface area contributed by atoms with Gasteiger partial charge in [0.15, 0.2) is 0 Å². The molecule has 0 saturated heterocycles. The van der Waals surface area contributed by atoms with E-state index < -0.39 is 16.0 Å². The maximum absolute atomic E-state index is 12.4. The number of halogens is 2. The largest absolute Gasteiger partial charge is 0.379 e. The molecule has 154 valence electrons. The molecule has 3 aromatic carbocycles. The normalized spacial score (nSPS) is 11.4. The lowest BCUT2D eigenvalue weighted by Crippen LogP contribution is -2.18. The second-order valence-corrected chi connectivity index (χ2v) is 8.64. The van der Waals surface area contributed by atoms with E-state index in [1.807, 2.05) is 6.92 Å². The van der Waals surface area contributed by atoms with E-state index in [0.29, 0.717) is 10.6 Å². The molecule has 0 unspecified atom stereocenters. The molecule has 0 spiro atoms. The molecule has 0 radical (unpaired) electrons. The highest BCUT2D eigenvalue weighted by molar-refractivity contribution is 7.87. The summed E-state index contributed by atoms with van der Waals surface area (Å²) in [7, 11) is -3.96. The minimum atomic E-state index is -3.96. The van der Waals surface area contributed by atoms with Crippen LogP contribution in [0.2, 0.25) is 10.0 Å². The molecular formula is C21H16Cl2N2O4S. The second-order valence-electron chi connectivity index (χ2n) is 6.25. The molecule has 3 aromatic rings. The molecular weight excluding hydrogens is 447 g/mol. The fourth-order valence-electron chi connectivity index (χ4n) is 2.43. The van der Waals surface area contributed by atoms with Crippen LogP contribution in [0.4, 0.5) is 0 Å². The lowest BCUT2D eigenvalue weighted by molar-refractivity contribution is 0.0955. The summed E-state index contributed by atoms with van der Waals surface area (Å²) in [6, 6.07) is 17.1. The molecule has 1 amide bonds. The van der Waals surface area contributed by atoms with Gasteiger partial charge in [0, 0.05) is 5.02 Å². The minimum absolute atomic E-state index is 0.0549. The van der Waals surface area contributed by atoms with E-state index in [1.165, 1.54) is 42.6 Å². The lowest BCUT2D eigenvalue weighted by atomic mass is 10.2. The number of nitrogens with one attached hydrogen (secondary N) is 1. The van der Waals surface area contributed by atoms with Gasteiger partial charge in [0.2, 0.25) is 0 Å². The zero-order valence-electron chi connectivity index (χ0n) is 15.7. The molecule has 0 atom stereocenters. The zero-order chi connectivity index (χ0) is 21.7. The number of amides is 1. The number of rotatable bonds is 6. The minimum Gasteiger partial charge on any atom is -0.379 e. The van der Waals surface area contributed by atoms with Crippen molar-refractivity contribution < 1.29 is 17.4 Å². The predicted octanol–water partition coefficient (Wildman–Crippen LogP) is 4.83. The van der Waals surface area contributed by atoms with Gasteiger partial charge in [-0.1, -0.05) is 53.0 Å². The van der Waals surface area contributed by atoms with Gasteiger partial charge in [-0.25, -0.2) is 5.43 Å². The van der Waals surface area contributed by atoms with Crippen LogP contribution in [-0.4, -0.2) is 20.5 Å². The first kappa shape index (κ1) is 21.8. The van der Waals surface area contributed by atoms with Crippen molar-refractivity contribution in [3.8, 4) is 5.75 Å². The molecule has 0 saturated carbocycles. The van der Waals surface area contributed by atoms with Gasteiger partial charge in [-0.05, 0) is 55.0 Å². The van der Waals surface area contributed by atoms with Crippen LogP contribution >= 0.6 is 23.2 Å². The van der Waals surface area contributed by atoms with E-state index in [0.717, 1.165) is 5.56 Å². The van der Waals surface area contributed by atoms with Crippen molar-refractivity contribution >= 4 is 45.4 Å². The first-order valence-corrected chi connectivity index (χ1v) is 10.8. The molecule has 9 heteroatoms. The smallest absolute Gasteiger partial charge is 0.339 e. The van der Waals surface area contributed by atoms with Crippen LogP contribution in [0.15, 0.2) is 76.7 Å². The summed E-state index contributed by atoms with van der Waals surface area (Å²) >= 11 is 11.8. The monoisotopic (exact) mass is 462 g/mol. The Morgan fingerprint density at radius 1 is 1.03 bits per heavy atom. The van der Waals surface area contributed by atoms with Crippen LogP contribution in [0.25, 0.3) is 0 Å². The summed E-state index contributed by atoms with van der Waals surface area (Å²) in [6.45, 7) is 1.86. The molecule has 3 rings (SSSR count). The fraction of sp³-hybridized carbons (Fsp3) is 0.0476. The first-order chi connectivity index (χ1) is 14.2. The number of hydrogen-bond acceptors (Lipinski definition) is 5. The molecule has 0 aliphatic rings. The highest BCUT2D eigenvalue weighted by Gasteiger charge is 2.16. The summed E-state index contributed by atoms with van der Waals surface area (Å²) < 4.78 is 30.0. The summed E-state index contributed by atoms with van der Waals surface area (Å²) in [6.07, 6.45) is 1.35. The Balaban J connectivity index is 1.69. The summed E-state index contributed by atoms with van der Waals surface area (Å²) in [4.78, 5) is 12.2. The van der Waals surface area contributed by atoms with E-state index in [9.17, 15) is 13.2 Å². The molecule has 0 aromatic heterocycles. The topological polar surface area (TPSA) is 84.8 Å². The number of carbonyl (C=O) groups excluding carboxylic acids is 1. The number of benzene rings is 3. The average Bonchev–Trinajstić information content (AvgIpc) is 2.68. The van der Waals surface area contributed by atoms with E-state index in [1.54, 1.807) is 30.3 Å². The predicted molar refractivity (Wildman–Crippen MR) is 117 cm³/mol. The van der Waals surface area contributed by atoms with E-state index in [4.69, 9.17) is 27.4 Å². The van der Waals surface area contributed by atoms with Gasteiger partial charge in [-0.2, -0.15) is 13.5 Å². The zero-order valence-corrected chi connectivity index (χ0v) is 18.0.